The molecule has 96 valence electrons. The van der Waals surface area contributed by atoms with Gasteiger partial charge in [0.1, 0.15) is 16.5 Å². The molecule has 0 unspecified atom stereocenters. The SMILES string of the molecule is CC(C)(C)OC(=O)c1cc2c([nH]1)=CCC=NC=2Cl. The lowest BCUT2D eigenvalue weighted by Gasteiger charge is -2.18. The summed E-state index contributed by atoms with van der Waals surface area (Å²) in [5.41, 5.74) is -0.129. The fourth-order valence-electron chi connectivity index (χ4n) is 1.62. The predicted molar refractivity (Wildman–Crippen MR) is 72.0 cm³/mol. The Morgan fingerprint density at radius 3 is 2.89 bits per heavy atom. The van der Waals surface area contributed by atoms with Crippen LogP contribution in [-0.2, 0) is 4.74 Å². The number of H-pyrrole nitrogens is 1. The minimum Gasteiger partial charge on any atom is -0.455 e. The number of esters is 1. The van der Waals surface area contributed by atoms with E-state index in [9.17, 15) is 4.79 Å². The average Bonchev–Trinajstić information content (AvgIpc) is 2.59. The topological polar surface area (TPSA) is 54.5 Å². The van der Waals surface area contributed by atoms with Gasteiger partial charge in [0.05, 0.1) is 0 Å². The van der Waals surface area contributed by atoms with E-state index < -0.39 is 11.6 Å². The smallest absolute Gasteiger partial charge is 0.355 e. The molecule has 1 aliphatic rings. The van der Waals surface area contributed by atoms with Gasteiger partial charge >= 0.3 is 5.97 Å². The third-order valence-corrected chi connectivity index (χ3v) is 2.62. The first-order chi connectivity index (χ1) is 8.37. The highest BCUT2D eigenvalue weighted by Crippen LogP contribution is 2.10. The number of rotatable bonds is 1. The van der Waals surface area contributed by atoms with E-state index in [0.29, 0.717) is 17.3 Å². The Labute approximate surface area is 110 Å². The van der Waals surface area contributed by atoms with Gasteiger partial charge in [0.25, 0.3) is 0 Å². The van der Waals surface area contributed by atoms with Crippen LogP contribution in [0.15, 0.2) is 11.1 Å². The van der Waals surface area contributed by atoms with Crippen molar-refractivity contribution in [3.8, 4) is 0 Å². The lowest BCUT2D eigenvalue weighted by molar-refractivity contribution is 0.00634. The van der Waals surface area contributed by atoms with Crippen LogP contribution in [0.1, 0.15) is 37.7 Å². The summed E-state index contributed by atoms with van der Waals surface area (Å²) in [6.07, 6.45) is 4.34. The molecule has 0 spiro atoms. The van der Waals surface area contributed by atoms with E-state index in [-0.39, 0.29) is 0 Å². The maximum Gasteiger partial charge on any atom is 0.355 e. The molecular formula is C13H15ClN2O2. The molecule has 5 heteroatoms. The van der Waals surface area contributed by atoms with Gasteiger partial charge in [-0.15, -0.1) is 0 Å². The second kappa shape index (κ2) is 4.61. The van der Waals surface area contributed by atoms with Crippen LogP contribution in [-0.4, -0.2) is 22.8 Å². The molecule has 0 fully saturated rings. The lowest BCUT2D eigenvalue weighted by atomic mass is 10.2. The predicted octanol–water partition coefficient (Wildman–Crippen LogP) is 1.53. The van der Waals surface area contributed by atoms with Crippen LogP contribution in [0.4, 0.5) is 0 Å². The fraction of sp³-hybridized carbons (Fsp3) is 0.385. The normalized spacial score (nSPS) is 14.8. The second-order valence-corrected chi connectivity index (χ2v) is 5.41. The molecule has 0 bridgehead atoms. The number of hydrogen-bond acceptors (Lipinski definition) is 3. The number of aliphatic imine (C=N–C) groups is 1. The van der Waals surface area contributed by atoms with Crippen molar-refractivity contribution in [3.63, 3.8) is 0 Å². The van der Waals surface area contributed by atoms with Crippen LogP contribution in [0.5, 0.6) is 0 Å². The van der Waals surface area contributed by atoms with Crippen LogP contribution in [0.25, 0.3) is 11.2 Å². The summed E-state index contributed by atoms with van der Waals surface area (Å²) in [6, 6.07) is 1.67. The number of carbonyl (C=O) groups excluding carboxylic acids is 1. The quantitative estimate of drug-likeness (QED) is 0.619. The van der Waals surface area contributed by atoms with Gasteiger partial charge < -0.3 is 9.72 Å². The van der Waals surface area contributed by atoms with Crippen molar-refractivity contribution in [3.05, 3.63) is 22.3 Å². The monoisotopic (exact) mass is 266 g/mol. The zero-order valence-corrected chi connectivity index (χ0v) is 11.3. The third-order valence-electron chi connectivity index (χ3n) is 2.32. The van der Waals surface area contributed by atoms with Gasteiger partial charge in [0.2, 0.25) is 0 Å². The van der Waals surface area contributed by atoms with Gasteiger partial charge in [-0.25, -0.2) is 9.79 Å². The standard InChI is InChI=1S/C13H15ClN2O2/c1-13(2,3)18-12(17)10-7-8-9(16-10)5-4-6-15-11(8)14/h5-7,16H,4H2,1-3H3. The zero-order chi connectivity index (χ0) is 13.3. The largest absolute Gasteiger partial charge is 0.455 e. The number of fused-ring (bicyclic) bond motifs is 1. The molecule has 1 aliphatic heterocycles. The number of hydrogen-bond donors (Lipinski definition) is 1. The first-order valence-electron chi connectivity index (χ1n) is 5.72. The Bertz CT molecular complexity index is 620. The molecule has 0 radical (unpaired) electrons. The number of aromatic nitrogens is 1. The lowest BCUT2D eigenvalue weighted by Crippen LogP contribution is -2.24. The second-order valence-electron chi connectivity index (χ2n) is 5.05. The van der Waals surface area contributed by atoms with E-state index >= 15 is 0 Å². The van der Waals surface area contributed by atoms with Crippen LogP contribution in [0.3, 0.4) is 0 Å². The van der Waals surface area contributed by atoms with Crippen LogP contribution in [0, 0.1) is 0 Å². The van der Waals surface area contributed by atoms with Crippen molar-refractivity contribution < 1.29 is 9.53 Å². The molecule has 0 aliphatic carbocycles. The van der Waals surface area contributed by atoms with E-state index in [2.05, 4.69) is 9.98 Å². The summed E-state index contributed by atoms with van der Waals surface area (Å²) < 4.78 is 5.29. The molecule has 0 saturated carbocycles. The molecule has 4 nitrogen and oxygen atoms in total. The van der Waals surface area contributed by atoms with Gasteiger partial charge in [-0.3, -0.25) is 0 Å². The number of aromatic amines is 1. The number of ether oxygens (including phenoxy) is 1. The molecule has 0 amide bonds. The molecular weight excluding hydrogens is 252 g/mol. The van der Waals surface area contributed by atoms with Gasteiger partial charge in [-0.2, -0.15) is 0 Å². The number of carbonyl (C=O) groups is 1. The van der Waals surface area contributed by atoms with Crippen molar-refractivity contribution in [2.75, 3.05) is 0 Å². The minimum atomic E-state index is -0.519. The van der Waals surface area contributed by atoms with Gasteiger partial charge in [-0.1, -0.05) is 17.7 Å². The molecule has 1 aromatic heterocycles. The Morgan fingerprint density at radius 1 is 1.50 bits per heavy atom. The van der Waals surface area contributed by atoms with Gasteiger partial charge in [-0.05, 0) is 26.8 Å². The summed E-state index contributed by atoms with van der Waals surface area (Å²) in [6.45, 7) is 5.48. The van der Waals surface area contributed by atoms with Crippen molar-refractivity contribution in [2.45, 2.75) is 32.8 Å². The molecule has 0 saturated heterocycles. The highest BCUT2D eigenvalue weighted by molar-refractivity contribution is 6.45. The van der Waals surface area contributed by atoms with Crippen LogP contribution < -0.4 is 10.6 Å². The number of nitrogens with one attached hydrogen (secondary N) is 1. The Balaban J connectivity index is 2.43. The Kier molecular flexibility index (Phi) is 3.30. The van der Waals surface area contributed by atoms with E-state index in [4.69, 9.17) is 16.3 Å². The maximum absolute atomic E-state index is 11.9. The van der Waals surface area contributed by atoms with E-state index in [1.165, 1.54) is 0 Å². The van der Waals surface area contributed by atoms with Gasteiger partial charge in [0.15, 0.2) is 0 Å². The van der Waals surface area contributed by atoms with E-state index in [1.807, 2.05) is 26.8 Å². The number of halogens is 1. The molecule has 0 atom stereocenters. The number of nitrogens with zero attached hydrogens (tertiary/aromatic N) is 1. The first-order valence-corrected chi connectivity index (χ1v) is 6.09. The molecule has 1 N–H and O–H groups in total. The summed E-state index contributed by atoms with van der Waals surface area (Å²) in [5.74, 6) is -0.391. The Morgan fingerprint density at radius 2 is 2.22 bits per heavy atom. The molecule has 0 aromatic carbocycles. The highest BCUT2D eigenvalue weighted by atomic mass is 35.5. The fourth-order valence-corrected chi connectivity index (χ4v) is 1.84. The van der Waals surface area contributed by atoms with Crippen LogP contribution in [0.2, 0.25) is 0 Å². The molecule has 2 rings (SSSR count). The molecule has 18 heavy (non-hydrogen) atoms. The van der Waals surface area contributed by atoms with E-state index in [0.717, 1.165) is 10.6 Å². The summed E-state index contributed by atoms with van der Waals surface area (Å²) in [7, 11) is 0. The first kappa shape index (κ1) is 12.9. The van der Waals surface area contributed by atoms with E-state index in [1.54, 1.807) is 12.3 Å². The third kappa shape index (κ3) is 2.82. The summed E-state index contributed by atoms with van der Waals surface area (Å²) in [5, 5.41) is 1.91. The van der Waals surface area contributed by atoms with Crippen LogP contribution >= 0.6 is 11.6 Å². The minimum absolute atomic E-state index is 0.379. The zero-order valence-electron chi connectivity index (χ0n) is 10.6. The Hall–Kier alpha value is -1.55. The van der Waals surface area contributed by atoms with Crippen molar-refractivity contribution >= 4 is 35.0 Å². The van der Waals surface area contributed by atoms with Crippen molar-refractivity contribution in [1.82, 2.24) is 4.98 Å². The maximum atomic E-state index is 11.9. The summed E-state index contributed by atoms with van der Waals surface area (Å²) >= 11 is 6.03. The molecule has 1 aromatic rings. The summed E-state index contributed by atoms with van der Waals surface area (Å²) in [4.78, 5) is 19.0. The average molecular weight is 267 g/mol. The van der Waals surface area contributed by atoms with Crippen molar-refractivity contribution in [1.29, 1.82) is 0 Å². The van der Waals surface area contributed by atoms with Crippen molar-refractivity contribution in [2.24, 2.45) is 4.99 Å². The molecule has 2 heterocycles. The van der Waals surface area contributed by atoms with Gasteiger partial charge in [0, 0.05) is 23.2 Å². The highest BCUT2D eigenvalue weighted by Gasteiger charge is 2.19.